The molecule has 1 unspecified atom stereocenters. The van der Waals surface area contributed by atoms with E-state index in [4.69, 9.17) is 0 Å². The second kappa shape index (κ2) is 3.33. The Labute approximate surface area is 76.5 Å². The Balaban J connectivity index is 2.02. The molecule has 72 valence electrons. The maximum atomic E-state index is 11.4. The Morgan fingerprint density at radius 1 is 1.38 bits per heavy atom. The van der Waals surface area contributed by atoms with E-state index in [1.807, 2.05) is 0 Å². The minimum absolute atomic E-state index is 0.0130. The van der Waals surface area contributed by atoms with Crippen LogP contribution in [0.2, 0.25) is 0 Å². The van der Waals surface area contributed by atoms with Gasteiger partial charge in [-0.25, -0.2) is 0 Å². The van der Waals surface area contributed by atoms with Gasteiger partial charge in [0.05, 0.1) is 12.7 Å². The molecule has 0 aromatic carbocycles. The van der Waals surface area contributed by atoms with Crippen LogP contribution in [0.5, 0.6) is 0 Å². The van der Waals surface area contributed by atoms with Gasteiger partial charge in [-0.15, -0.1) is 0 Å². The van der Waals surface area contributed by atoms with Gasteiger partial charge in [-0.1, -0.05) is 0 Å². The van der Waals surface area contributed by atoms with Crippen LogP contribution < -0.4 is 10.6 Å². The molecule has 0 bridgehead atoms. The van der Waals surface area contributed by atoms with Crippen molar-refractivity contribution in [2.75, 3.05) is 19.6 Å². The van der Waals surface area contributed by atoms with Crippen LogP contribution >= 0.6 is 0 Å². The van der Waals surface area contributed by atoms with E-state index < -0.39 is 0 Å². The predicted octanol–water partition coefficient (Wildman–Crippen LogP) is -1.35. The van der Waals surface area contributed by atoms with Crippen LogP contribution in [0, 0.1) is 0 Å². The van der Waals surface area contributed by atoms with Crippen molar-refractivity contribution in [2.24, 2.45) is 0 Å². The molecule has 2 aliphatic heterocycles. The average molecular weight is 183 g/mol. The van der Waals surface area contributed by atoms with E-state index in [0.29, 0.717) is 0 Å². The van der Waals surface area contributed by atoms with E-state index in [2.05, 4.69) is 10.6 Å². The molecule has 2 heterocycles. The Hall–Kier alpha value is -1.10. The van der Waals surface area contributed by atoms with Gasteiger partial charge in [0.25, 0.3) is 0 Å². The summed E-state index contributed by atoms with van der Waals surface area (Å²) in [7, 11) is 0. The number of nitrogens with one attached hydrogen (secondary N) is 2. The van der Waals surface area contributed by atoms with E-state index in [1.54, 1.807) is 4.90 Å². The molecule has 0 aromatic rings. The lowest BCUT2D eigenvalue weighted by Crippen LogP contribution is -2.57. The molecule has 2 amide bonds. The van der Waals surface area contributed by atoms with Crippen LogP contribution in [-0.4, -0.2) is 42.5 Å². The first-order valence-electron chi connectivity index (χ1n) is 4.57. The topological polar surface area (TPSA) is 61.4 Å². The monoisotopic (exact) mass is 183 g/mol. The van der Waals surface area contributed by atoms with Crippen molar-refractivity contribution in [3.8, 4) is 0 Å². The third-order valence-corrected chi connectivity index (χ3v) is 2.48. The summed E-state index contributed by atoms with van der Waals surface area (Å²) in [5, 5.41) is 5.73. The summed E-state index contributed by atoms with van der Waals surface area (Å²) in [4.78, 5) is 24.1. The first-order valence-corrected chi connectivity index (χ1v) is 4.57. The molecule has 2 saturated heterocycles. The molecule has 13 heavy (non-hydrogen) atoms. The van der Waals surface area contributed by atoms with Crippen molar-refractivity contribution in [1.29, 1.82) is 0 Å². The molecule has 0 radical (unpaired) electrons. The summed E-state index contributed by atoms with van der Waals surface area (Å²) in [6, 6.07) is 0. The van der Waals surface area contributed by atoms with Crippen LogP contribution in [-0.2, 0) is 9.59 Å². The fraction of sp³-hybridized carbons (Fsp3) is 0.750. The minimum Gasteiger partial charge on any atom is -0.345 e. The predicted molar refractivity (Wildman–Crippen MR) is 45.7 cm³/mol. The fourth-order valence-electron chi connectivity index (χ4n) is 1.79. The summed E-state index contributed by atoms with van der Waals surface area (Å²) in [5.74, 6) is -0.0488. The molecule has 0 aromatic heterocycles. The molecule has 5 heteroatoms. The van der Waals surface area contributed by atoms with Gasteiger partial charge in [-0.3, -0.25) is 14.9 Å². The van der Waals surface area contributed by atoms with E-state index >= 15 is 0 Å². The fourth-order valence-corrected chi connectivity index (χ4v) is 1.79. The number of amides is 2. The summed E-state index contributed by atoms with van der Waals surface area (Å²) in [5.41, 5.74) is 0. The number of piperazine rings is 1. The molecule has 0 spiro atoms. The zero-order chi connectivity index (χ0) is 9.26. The SMILES string of the molecule is O=C1CN(C2CCCN2)C(=O)CN1. The molecule has 0 aliphatic carbocycles. The lowest BCUT2D eigenvalue weighted by atomic mass is 10.2. The highest BCUT2D eigenvalue weighted by molar-refractivity contribution is 5.92. The Morgan fingerprint density at radius 2 is 2.23 bits per heavy atom. The maximum absolute atomic E-state index is 11.4. The van der Waals surface area contributed by atoms with Crippen molar-refractivity contribution < 1.29 is 9.59 Å². The Bertz CT molecular complexity index is 236. The highest BCUT2D eigenvalue weighted by Crippen LogP contribution is 2.11. The minimum atomic E-state index is -0.0618. The second-order valence-corrected chi connectivity index (χ2v) is 3.41. The summed E-state index contributed by atoms with van der Waals surface area (Å²) in [6.07, 6.45) is 2.12. The van der Waals surface area contributed by atoms with Gasteiger partial charge in [0.1, 0.15) is 6.54 Å². The largest absolute Gasteiger partial charge is 0.345 e. The van der Waals surface area contributed by atoms with Crippen molar-refractivity contribution in [3.05, 3.63) is 0 Å². The van der Waals surface area contributed by atoms with Crippen LogP contribution in [0.25, 0.3) is 0 Å². The molecule has 2 rings (SSSR count). The quantitative estimate of drug-likeness (QED) is 0.528. The smallest absolute Gasteiger partial charge is 0.243 e. The summed E-state index contributed by atoms with van der Waals surface area (Å²) in [6.45, 7) is 1.30. The second-order valence-electron chi connectivity index (χ2n) is 3.41. The van der Waals surface area contributed by atoms with Crippen molar-refractivity contribution in [2.45, 2.75) is 19.0 Å². The van der Waals surface area contributed by atoms with Crippen molar-refractivity contribution in [3.63, 3.8) is 0 Å². The van der Waals surface area contributed by atoms with Crippen LogP contribution in [0.15, 0.2) is 0 Å². The first-order chi connectivity index (χ1) is 6.27. The third-order valence-electron chi connectivity index (χ3n) is 2.48. The van der Waals surface area contributed by atoms with Gasteiger partial charge < -0.3 is 10.2 Å². The van der Waals surface area contributed by atoms with E-state index in [9.17, 15) is 9.59 Å². The zero-order valence-corrected chi connectivity index (χ0v) is 7.38. The van der Waals surface area contributed by atoms with Crippen LogP contribution in [0.1, 0.15) is 12.8 Å². The highest BCUT2D eigenvalue weighted by Gasteiger charge is 2.30. The van der Waals surface area contributed by atoms with Gasteiger partial charge in [0, 0.05) is 0 Å². The molecule has 5 nitrogen and oxygen atoms in total. The Morgan fingerprint density at radius 3 is 2.92 bits per heavy atom. The van der Waals surface area contributed by atoms with E-state index in [-0.39, 0.29) is 31.1 Å². The molecule has 1 atom stereocenters. The number of carbonyl (C=O) groups is 2. The summed E-state index contributed by atoms with van der Waals surface area (Å²) < 4.78 is 0. The standard InChI is InChI=1S/C8H13N3O2/c12-7-5-11(8(13)4-10-7)6-2-1-3-9-6/h6,9H,1-5H2,(H,10,12). The first kappa shape index (κ1) is 8.50. The van der Waals surface area contributed by atoms with Crippen LogP contribution in [0.4, 0.5) is 0 Å². The van der Waals surface area contributed by atoms with E-state index in [0.717, 1.165) is 19.4 Å². The number of carbonyl (C=O) groups excluding carboxylic acids is 2. The molecule has 2 fully saturated rings. The molecule has 0 saturated carbocycles. The number of nitrogens with zero attached hydrogens (tertiary/aromatic N) is 1. The normalized spacial score (nSPS) is 29.2. The molecule has 2 aliphatic rings. The Kier molecular flexibility index (Phi) is 2.18. The maximum Gasteiger partial charge on any atom is 0.243 e. The summed E-state index contributed by atoms with van der Waals surface area (Å²) >= 11 is 0. The molecular formula is C8H13N3O2. The van der Waals surface area contributed by atoms with E-state index in [1.165, 1.54) is 0 Å². The van der Waals surface area contributed by atoms with Gasteiger partial charge >= 0.3 is 0 Å². The van der Waals surface area contributed by atoms with Gasteiger partial charge in [-0.2, -0.15) is 0 Å². The van der Waals surface area contributed by atoms with Crippen molar-refractivity contribution >= 4 is 11.8 Å². The number of rotatable bonds is 1. The van der Waals surface area contributed by atoms with Gasteiger partial charge in [-0.05, 0) is 19.4 Å². The number of hydrogen-bond acceptors (Lipinski definition) is 3. The lowest BCUT2D eigenvalue weighted by Gasteiger charge is -2.31. The number of hydrogen-bond donors (Lipinski definition) is 2. The average Bonchev–Trinajstić information content (AvgIpc) is 2.61. The highest BCUT2D eigenvalue weighted by atomic mass is 16.2. The third kappa shape index (κ3) is 1.65. The molecule has 2 N–H and O–H groups in total. The molecular weight excluding hydrogens is 170 g/mol. The van der Waals surface area contributed by atoms with Crippen LogP contribution in [0.3, 0.4) is 0 Å². The van der Waals surface area contributed by atoms with Gasteiger partial charge in [0.15, 0.2) is 0 Å². The van der Waals surface area contributed by atoms with Crippen molar-refractivity contribution in [1.82, 2.24) is 15.5 Å². The zero-order valence-electron chi connectivity index (χ0n) is 7.38. The van der Waals surface area contributed by atoms with Gasteiger partial charge in [0.2, 0.25) is 11.8 Å². The lowest BCUT2D eigenvalue weighted by molar-refractivity contribution is -0.143.